The van der Waals surface area contributed by atoms with Gasteiger partial charge in [0.1, 0.15) is 6.61 Å². The summed E-state index contributed by atoms with van der Waals surface area (Å²) in [6.07, 6.45) is -8.46. The summed E-state index contributed by atoms with van der Waals surface area (Å²) in [5.41, 5.74) is -1.58. The first kappa shape index (κ1) is 25.8. The summed E-state index contributed by atoms with van der Waals surface area (Å²) < 4.78 is 85.5. The van der Waals surface area contributed by atoms with Crippen molar-refractivity contribution in [2.75, 3.05) is 19.6 Å². The molecule has 0 aliphatic carbocycles. The maximum Gasteiger partial charge on any atom is 0.416 e. The molecule has 3 unspecified atom stereocenters. The van der Waals surface area contributed by atoms with Crippen LogP contribution in [0.1, 0.15) is 53.9 Å². The summed E-state index contributed by atoms with van der Waals surface area (Å²) in [6.45, 7) is 4.17. The van der Waals surface area contributed by atoms with Gasteiger partial charge in [-0.05, 0) is 49.6 Å². The Morgan fingerprint density at radius 2 is 1.65 bits per heavy atom. The van der Waals surface area contributed by atoms with Crippen LogP contribution in [0, 0.1) is 0 Å². The Kier molecular flexibility index (Phi) is 6.63. The highest BCUT2D eigenvalue weighted by atomic mass is 19.4. The number of carbonyl (C=O) groups excluding carboxylic acids is 1. The number of fused-ring (bicyclic) bond motifs is 3. The number of hydrogen-bond donors (Lipinski definition) is 1. The molecular weight excluding hydrogens is 504 g/mol. The van der Waals surface area contributed by atoms with E-state index in [2.05, 4.69) is 17.1 Å². The van der Waals surface area contributed by atoms with Gasteiger partial charge in [0, 0.05) is 31.7 Å². The molecule has 2 saturated heterocycles. The summed E-state index contributed by atoms with van der Waals surface area (Å²) in [5, 5.41) is 8.20. The number of amides is 1. The van der Waals surface area contributed by atoms with Gasteiger partial charge in [0.15, 0.2) is 0 Å². The largest absolute Gasteiger partial charge is 0.445 e. The standard InChI is InChI=1S/C24H27F6N5O2/c1-14(35-18-2-3-19(35)11-31-10-18)21-9-20-12-33(4-5-34(20)32-21)22(36)37-13-15-6-16(23(25,26)27)8-17(7-15)24(28,29)30/h6-9,14,18-19,31H,2-5,10-13H2,1H3. The summed E-state index contributed by atoms with van der Waals surface area (Å²) in [4.78, 5) is 16.5. The Labute approximate surface area is 209 Å². The molecular formula is C24H27F6N5O2. The lowest BCUT2D eigenvalue weighted by Gasteiger charge is -2.39. The molecule has 1 N–H and O–H groups in total. The fourth-order valence-corrected chi connectivity index (χ4v) is 5.59. The number of nitrogens with zero attached hydrogens (tertiary/aromatic N) is 4. The van der Waals surface area contributed by atoms with Crippen LogP contribution in [-0.2, 0) is 36.8 Å². The Morgan fingerprint density at radius 3 is 2.24 bits per heavy atom. The topological polar surface area (TPSA) is 62.6 Å². The highest BCUT2D eigenvalue weighted by Gasteiger charge is 2.41. The van der Waals surface area contributed by atoms with E-state index in [0.29, 0.717) is 30.8 Å². The van der Waals surface area contributed by atoms with Crippen molar-refractivity contribution in [3.63, 3.8) is 0 Å². The van der Waals surface area contributed by atoms with Crippen LogP contribution in [0.4, 0.5) is 31.1 Å². The molecule has 0 saturated carbocycles. The molecule has 3 atom stereocenters. The summed E-state index contributed by atoms with van der Waals surface area (Å²) in [7, 11) is 0. The number of piperazine rings is 1. The van der Waals surface area contributed by atoms with E-state index in [1.807, 2.05) is 10.7 Å². The number of nitrogens with one attached hydrogen (secondary N) is 1. The van der Waals surface area contributed by atoms with Gasteiger partial charge in [0.05, 0.1) is 41.6 Å². The number of aromatic nitrogens is 2. The van der Waals surface area contributed by atoms with Crippen LogP contribution >= 0.6 is 0 Å². The molecule has 1 aromatic carbocycles. The van der Waals surface area contributed by atoms with Crippen LogP contribution in [0.2, 0.25) is 0 Å². The zero-order valence-corrected chi connectivity index (χ0v) is 20.1. The van der Waals surface area contributed by atoms with Crippen LogP contribution in [0.5, 0.6) is 0 Å². The second-order valence-electron chi connectivity index (χ2n) is 9.84. The van der Waals surface area contributed by atoms with E-state index in [4.69, 9.17) is 9.84 Å². The van der Waals surface area contributed by atoms with E-state index >= 15 is 0 Å². The van der Waals surface area contributed by atoms with Gasteiger partial charge < -0.3 is 15.0 Å². The smallest absolute Gasteiger partial charge is 0.416 e. The maximum absolute atomic E-state index is 13.1. The Morgan fingerprint density at radius 1 is 1.03 bits per heavy atom. The molecule has 13 heteroatoms. The molecule has 3 aliphatic rings. The van der Waals surface area contributed by atoms with Crippen molar-refractivity contribution in [3.05, 3.63) is 52.3 Å². The lowest BCUT2D eigenvalue weighted by Crippen LogP contribution is -2.52. The number of alkyl halides is 6. The molecule has 202 valence electrons. The molecule has 7 nitrogen and oxygen atoms in total. The van der Waals surface area contributed by atoms with Crippen molar-refractivity contribution in [1.29, 1.82) is 0 Å². The minimum atomic E-state index is -4.97. The predicted molar refractivity (Wildman–Crippen MR) is 119 cm³/mol. The minimum Gasteiger partial charge on any atom is -0.445 e. The number of ether oxygens (including phenoxy) is 1. The Balaban J connectivity index is 1.24. The lowest BCUT2D eigenvalue weighted by atomic mass is 10.1. The first-order chi connectivity index (χ1) is 17.4. The molecule has 1 amide bonds. The fraction of sp³-hybridized carbons (Fsp3) is 0.583. The van der Waals surface area contributed by atoms with Gasteiger partial charge >= 0.3 is 18.4 Å². The van der Waals surface area contributed by atoms with Crippen molar-refractivity contribution in [2.45, 2.75) is 69.9 Å². The van der Waals surface area contributed by atoms with Gasteiger partial charge in [0.2, 0.25) is 0 Å². The van der Waals surface area contributed by atoms with Gasteiger partial charge in [-0.15, -0.1) is 0 Å². The third kappa shape index (κ3) is 5.28. The zero-order valence-electron chi connectivity index (χ0n) is 20.1. The number of halogens is 6. The highest BCUT2D eigenvalue weighted by Crippen LogP contribution is 2.37. The third-order valence-corrected chi connectivity index (χ3v) is 7.40. The monoisotopic (exact) mass is 531 g/mol. The van der Waals surface area contributed by atoms with Crippen LogP contribution in [0.15, 0.2) is 24.3 Å². The third-order valence-electron chi connectivity index (χ3n) is 7.40. The molecule has 4 heterocycles. The maximum atomic E-state index is 13.1. The summed E-state index contributed by atoms with van der Waals surface area (Å²) >= 11 is 0. The summed E-state index contributed by atoms with van der Waals surface area (Å²) in [5.74, 6) is 0. The van der Waals surface area contributed by atoms with E-state index in [1.54, 1.807) is 0 Å². The van der Waals surface area contributed by atoms with E-state index in [-0.39, 0.29) is 30.8 Å². The molecule has 5 rings (SSSR count). The number of carbonyl (C=O) groups is 1. The first-order valence-electron chi connectivity index (χ1n) is 12.1. The average Bonchev–Trinajstić information content (AvgIpc) is 3.37. The van der Waals surface area contributed by atoms with Crippen LogP contribution in [0.25, 0.3) is 0 Å². The Bertz CT molecular complexity index is 1120. The zero-order chi connectivity index (χ0) is 26.5. The number of rotatable bonds is 4. The predicted octanol–water partition coefficient (Wildman–Crippen LogP) is 4.57. The molecule has 3 aliphatic heterocycles. The van der Waals surface area contributed by atoms with Crippen LogP contribution < -0.4 is 5.32 Å². The van der Waals surface area contributed by atoms with E-state index in [0.717, 1.165) is 37.3 Å². The minimum absolute atomic E-state index is 0.0432. The van der Waals surface area contributed by atoms with Crippen molar-refractivity contribution < 1.29 is 35.9 Å². The van der Waals surface area contributed by atoms with Crippen molar-refractivity contribution in [2.24, 2.45) is 0 Å². The van der Waals surface area contributed by atoms with Gasteiger partial charge in [-0.1, -0.05) is 0 Å². The molecule has 0 spiro atoms. The summed E-state index contributed by atoms with van der Waals surface area (Å²) in [6, 6.07) is 4.16. The second kappa shape index (κ2) is 9.50. The van der Waals surface area contributed by atoms with E-state index in [9.17, 15) is 31.1 Å². The van der Waals surface area contributed by atoms with Crippen molar-refractivity contribution in [1.82, 2.24) is 24.9 Å². The first-order valence-corrected chi connectivity index (χ1v) is 12.1. The van der Waals surface area contributed by atoms with Gasteiger partial charge in [-0.2, -0.15) is 31.4 Å². The van der Waals surface area contributed by atoms with Crippen LogP contribution in [0.3, 0.4) is 0 Å². The average molecular weight is 532 g/mol. The van der Waals surface area contributed by atoms with Gasteiger partial charge in [-0.3, -0.25) is 9.58 Å². The Hall–Kier alpha value is -2.80. The van der Waals surface area contributed by atoms with Gasteiger partial charge in [0.25, 0.3) is 0 Å². The molecule has 0 radical (unpaired) electrons. The van der Waals surface area contributed by atoms with Gasteiger partial charge in [-0.25, -0.2) is 4.79 Å². The highest BCUT2D eigenvalue weighted by molar-refractivity contribution is 5.67. The van der Waals surface area contributed by atoms with E-state index in [1.165, 1.54) is 4.90 Å². The fourth-order valence-electron chi connectivity index (χ4n) is 5.59. The van der Waals surface area contributed by atoms with Crippen molar-refractivity contribution >= 4 is 6.09 Å². The molecule has 2 aromatic rings. The number of benzene rings is 1. The number of hydrogen-bond acceptors (Lipinski definition) is 5. The second-order valence-corrected chi connectivity index (χ2v) is 9.84. The molecule has 37 heavy (non-hydrogen) atoms. The lowest BCUT2D eigenvalue weighted by molar-refractivity contribution is -0.143. The van der Waals surface area contributed by atoms with Crippen molar-refractivity contribution in [3.8, 4) is 0 Å². The normalized spacial score (nSPS) is 23.2. The van der Waals surface area contributed by atoms with Crippen LogP contribution in [-0.4, -0.2) is 57.4 Å². The quantitative estimate of drug-likeness (QED) is 0.586. The van der Waals surface area contributed by atoms with E-state index < -0.39 is 36.2 Å². The SMILES string of the molecule is CC(c1cc2n(n1)CCN(C(=O)OCc1cc(C(F)(F)F)cc(C(F)(F)F)c1)C2)N1C2CCC1CNC2. The molecule has 1 aromatic heterocycles. The molecule has 2 fully saturated rings. The molecule has 2 bridgehead atoms.